The summed E-state index contributed by atoms with van der Waals surface area (Å²) in [7, 11) is 1.60. The summed E-state index contributed by atoms with van der Waals surface area (Å²) in [4.78, 5) is 20.6. The van der Waals surface area contributed by atoms with E-state index in [2.05, 4.69) is 25.4 Å². The van der Waals surface area contributed by atoms with Crippen molar-refractivity contribution in [2.75, 3.05) is 50.1 Å². The summed E-state index contributed by atoms with van der Waals surface area (Å²) in [5.74, 6) is 0.516. The van der Waals surface area contributed by atoms with E-state index >= 15 is 0 Å². The van der Waals surface area contributed by atoms with Gasteiger partial charge in [0.15, 0.2) is 6.23 Å². The molecule has 0 spiro atoms. The third kappa shape index (κ3) is 4.90. The van der Waals surface area contributed by atoms with Gasteiger partial charge in [-0.3, -0.25) is 9.69 Å². The number of carbonyl (C=O) groups is 1. The first-order valence-corrected chi connectivity index (χ1v) is 10.6. The van der Waals surface area contributed by atoms with Gasteiger partial charge in [0.05, 0.1) is 17.6 Å². The molecular weight excluding hydrogens is 398 g/mol. The van der Waals surface area contributed by atoms with Gasteiger partial charge in [0.2, 0.25) is 0 Å². The van der Waals surface area contributed by atoms with Crippen molar-refractivity contribution in [1.29, 1.82) is 0 Å². The van der Waals surface area contributed by atoms with E-state index in [9.17, 15) is 9.90 Å². The number of piperazine rings is 1. The monoisotopic (exact) mass is 427 g/mol. The molecule has 4 rings (SSSR count). The zero-order valence-corrected chi connectivity index (χ0v) is 17.6. The molecule has 1 saturated heterocycles. The number of pyridine rings is 1. The molecular formula is C22H29N5O4. The van der Waals surface area contributed by atoms with Crippen LogP contribution < -0.4 is 20.3 Å². The molecule has 0 saturated carbocycles. The van der Waals surface area contributed by atoms with Gasteiger partial charge < -0.3 is 30.5 Å². The Kier molecular flexibility index (Phi) is 6.55. The SMILES string of the molecule is CNC(=O)c1ccc(N2CCN(Cc3ccc4c(c3)NC(O)C(CCO)O4)CC2)cn1. The number of benzene rings is 1. The number of aromatic nitrogens is 1. The highest BCUT2D eigenvalue weighted by molar-refractivity contribution is 5.92. The van der Waals surface area contributed by atoms with Crippen molar-refractivity contribution in [2.24, 2.45) is 0 Å². The molecule has 1 aromatic heterocycles. The van der Waals surface area contributed by atoms with E-state index in [0.29, 0.717) is 17.9 Å². The molecule has 2 unspecified atom stereocenters. The molecule has 0 aliphatic carbocycles. The molecule has 2 aliphatic rings. The Balaban J connectivity index is 1.32. The van der Waals surface area contributed by atoms with Crippen LogP contribution in [-0.2, 0) is 6.54 Å². The van der Waals surface area contributed by atoms with E-state index in [1.807, 2.05) is 24.3 Å². The first kappa shape index (κ1) is 21.4. The highest BCUT2D eigenvalue weighted by Crippen LogP contribution is 2.33. The van der Waals surface area contributed by atoms with E-state index in [1.165, 1.54) is 0 Å². The normalized spacial score (nSPS) is 21.1. The molecule has 166 valence electrons. The van der Waals surface area contributed by atoms with Gasteiger partial charge in [0, 0.05) is 52.8 Å². The number of amides is 1. The maximum atomic E-state index is 11.6. The lowest BCUT2D eigenvalue weighted by molar-refractivity contribution is 0.0294. The molecule has 2 aromatic rings. The average Bonchev–Trinajstić information content (AvgIpc) is 2.80. The molecule has 2 aliphatic heterocycles. The second-order valence-electron chi connectivity index (χ2n) is 7.83. The first-order chi connectivity index (χ1) is 15.1. The fourth-order valence-corrected chi connectivity index (χ4v) is 3.97. The number of rotatable bonds is 6. The van der Waals surface area contributed by atoms with Crippen molar-refractivity contribution in [3.8, 4) is 5.75 Å². The van der Waals surface area contributed by atoms with Gasteiger partial charge >= 0.3 is 0 Å². The molecule has 9 heteroatoms. The molecule has 2 atom stereocenters. The highest BCUT2D eigenvalue weighted by atomic mass is 16.5. The summed E-state index contributed by atoms with van der Waals surface area (Å²) < 4.78 is 5.80. The van der Waals surface area contributed by atoms with Crippen LogP contribution in [0.15, 0.2) is 36.5 Å². The van der Waals surface area contributed by atoms with Crippen LogP contribution in [0, 0.1) is 0 Å². The van der Waals surface area contributed by atoms with Gasteiger partial charge in [0.25, 0.3) is 5.91 Å². The number of aliphatic hydroxyl groups excluding tert-OH is 2. The van der Waals surface area contributed by atoms with Crippen molar-refractivity contribution < 1.29 is 19.7 Å². The number of aliphatic hydroxyl groups is 2. The van der Waals surface area contributed by atoms with Crippen molar-refractivity contribution in [2.45, 2.75) is 25.3 Å². The van der Waals surface area contributed by atoms with Crippen molar-refractivity contribution >= 4 is 17.3 Å². The number of fused-ring (bicyclic) bond motifs is 1. The van der Waals surface area contributed by atoms with Gasteiger partial charge in [-0.05, 0) is 29.8 Å². The fourth-order valence-electron chi connectivity index (χ4n) is 3.97. The maximum Gasteiger partial charge on any atom is 0.269 e. The molecule has 1 amide bonds. The Morgan fingerprint density at radius 2 is 2.06 bits per heavy atom. The van der Waals surface area contributed by atoms with Gasteiger partial charge in [-0.15, -0.1) is 0 Å². The summed E-state index contributed by atoms with van der Waals surface area (Å²) in [6.07, 6.45) is 0.854. The van der Waals surface area contributed by atoms with Crippen molar-refractivity contribution in [3.05, 3.63) is 47.8 Å². The van der Waals surface area contributed by atoms with Gasteiger partial charge in [-0.1, -0.05) is 6.07 Å². The molecule has 31 heavy (non-hydrogen) atoms. The lowest BCUT2D eigenvalue weighted by Crippen LogP contribution is -2.46. The highest BCUT2D eigenvalue weighted by Gasteiger charge is 2.27. The first-order valence-electron chi connectivity index (χ1n) is 10.6. The topological polar surface area (TPSA) is 110 Å². The molecule has 1 aromatic carbocycles. The summed E-state index contributed by atoms with van der Waals surface area (Å²) >= 11 is 0. The fraction of sp³-hybridized carbons (Fsp3) is 0.455. The molecule has 3 heterocycles. The summed E-state index contributed by atoms with van der Waals surface area (Å²) in [5.41, 5.74) is 3.37. The molecule has 0 radical (unpaired) electrons. The van der Waals surface area contributed by atoms with E-state index in [1.54, 1.807) is 19.3 Å². The van der Waals surface area contributed by atoms with Crippen LogP contribution in [0.3, 0.4) is 0 Å². The smallest absolute Gasteiger partial charge is 0.269 e. The third-order valence-corrected chi connectivity index (χ3v) is 5.74. The molecule has 1 fully saturated rings. The van der Waals surface area contributed by atoms with E-state index < -0.39 is 12.3 Å². The number of carbonyl (C=O) groups excluding carboxylic acids is 1. The number of nitrogens with one attached hydrogen (secondary N) is 2. The number of hydrogen-bond donors (Lipinski definition) is 4. The van der Waals surface area contributed by atoms with E-state index in [4.69, 9.17) is 9.84 Å². The van der Waals surface area contributed by atoms with Crippen LogP contribution in [0.2, 0.25) is 0 Å². The quantitative estimate of drug-likeness (QED) is 0.532. The van der Waals surface area contributed by atoms with Crippen LogP contribution in [0.5, 0.6) is 5.75 Å². The summed E-state index contributed by atoms with van der Waals surface area (Å²) in [6.45, 7) is 4.38. The minimum absolute atomic E-state index is 0.0307. The lowest BCUT2D eigenvalue weighted by atomic mass is 10.1. The van der Waals surface area contributed by atoms with Crippen LogP contribution >= 0.6 is 0 Å². The van der Waals surface area contributed by atoms with Crippen LogP contribution in [0.4, 0.5) is 11.4 Å². The predicted molar refractivity (Wildman–Crippen MR) is 117 cm³/mol. The second-order valence-corrected chi connectivity index (χ2v) is 7.83. The van der Waals surface area contributed by atoms with Crippen LogP contribution in [0.1, 0.15) is 22.5 Å². The van der Waals surface area contributed by atoms with E-state index in [-0.39, 0.29) is 12.5 Å². The third-order valence-electron chi connectivity index (χ3n) is 5.74. The molecule has 9 nitrogen and oxygen atoms in total. The molecule has 4 N–H and O–H groups in total. The van der Waals surface area contributed by atoms with Crippen LogP contribution in [-0.4, -0.2) is 78.2 Å². The van der Waals surface area contributed by atoms with Crippen molar-refractivity contribution in [3.63, 3.8) is 0 Å². The predicted octanol–water partition coefficient (Wildman–Crippen LogP) is 0.637. The van der Waals surface area contributed by atoms with Gasteiger partial charge in [-0.2, -0.15) is 0 Å². The Morgan fingerprint density at radius 1 is 1.26 bits per heavy atom. The van der Waals surface area contributed by atoms with Crippen molar-refractivity contribution in [1.82, 2.24) is 15.2 Å². The average molecular weight is 428 g/mol. The lowest BCUT2D eigenvalue weighted by Gasteiger charge is -2.36. The Bertz CT molecular complexity index is 899. The molecule has 0 bridgehead atoms. The number of nitrogens with zero attached hydrogens (tertiary/aromatic N) is 3. The summed E-state index contributed by atoms with van der Waals surface area (Å²) in [5, 5.41) is 24.9. The largest absolute Gasteiger partial charge is 0.483 e. The Morgan fingerprint density at radius 3 is 2.74 bits per heavy atom. The number of ether oxygens (including phenoxy) is 1. The number of anilines is 2. The van der Waals surface area contributed by atoms with E-state index in [0.717, 1.165) is 49.7 Å². The minimum atomic E-state index is -0.832. The van der Waals surface area contributed by atoms with Gasteiger partial charge in [-0.25, -0.2) is 4.98 Å². The Hall–Kier alpha value is -2.88. The maximum absolute atomic E-state index is 11.6. The number of hydrogen-bond acceptors (Lipinski definition) is 8. The van der Waals surface area contributed by atoms with Gasteiger partial charge in [0.1, 0.15) is 17.5 Å². The standard InChI is InChI=1S/C22H29N5O4/c1-23-21(29)17-4-3-16(13-24-17)27-9-7-26(8-10-27)14-15-2-5-19-18(12-15)25-22(30)20(31-19)6-11-28/h2-5,12-13,20,22,25,28,30H,6-11,14H2,1H3,(H,23,29). The second kappa shape index (κ2) is 9.51. The Labute approximate surface area is 181 Å². The minimum Gasteiger partial charge on any atom is -0.483 e. The zero-order valence-electron chi connectivity index (χ0n) is 17.6. The summed E-state index contributed by atoms with van der Waals surface area (Å²) in [6, 6.07) is 9.67. The van der Waals surface area contributed by atoms with Crippen LogP contribution in [0.25, 0.3) is 0 Å². The zero-order chi connectivity index (χ0) is 21.8.